The largest absolute Gasteiger partial charge is 0.460 e. The molecule has 77 heavy (non-hydrogen) atoms. The van der Waals surface area contributed by atoms with E-state index in [4.69, 9.17) is 85.3 Å². The van der Waals surface area contributed by atoms with Crippen LogP contribution in [0.2, 0.25) is 0 Å². The van der Waals surface area contributed by atoms with Crippen LogP contribution in [-0.2, 0) is 94.9 Å². The van der Waals surface area contributed by atoms with Gasteiger partial charge in [-0.1, -0.05) is 13.2 Å². The van der Waals surface area contributed by atoms with Crippen LogP contribution in [0.25, 0.3) is 0 Å². The Kier molecular flexibility index (Phi) is 45.1. The molecular formula is C57H108O20. The molecule has 0 saturated carbocycles. The van der Waals surface area contributed by atoms with E-state index < -0.39 is 11.9 Å². The normalized spacial score (nSPS) is 18.7. The fourth-order valence-electron chi connectivity index (χ4n) is 6.11. The van der Waals surface area contributed by atoms with E-state index in [9.17, 15) is 9.59 Å². The van der Waals surface area contributed by atoms with Gasteiger partial charge in [-0.3, -0.25) is 0 Å². The minimum atomic E-state index is -0.474. The summed E-state index contributed by atoms with van der Waals surface area (Å²) in [6.45, 7) is 46.4. The smallest absolute Gasteiger partial charge is 0.330 e. The molecular weight excluding hydrogens is 1000 g/mol. The number of ether oxygens (including phenoxy) is 18. The molecule has 0 aliphatic heterocycles. The van der Waals surface area contributed by atoms with Crippen LogP contribution in [0.3, 0.4) is 0 Å². The number of rotatable bonds is 53. The highest BCUT2D eigenvalue weighted by molar-refractivity contribution is 5.81. The molecule has 20 heteroatoms. The quantitative estimate of drug-likeness (QED) is 0.0433. The van der Waals surface area contributed by atoms with Crippen molar-refractivity contribution in [2.45, 2.75) is 221 Å². The van der Waals surface area contributed by atoms with Crippen molar-refractivity contribution >= 4 is 11.9 Å². The lowest BCUT2D eigenvalue weighted by molar-refractivity contribution is -0.147. The molecule has 0 saturated heterocycles. The second-order valence-electron chi connectivity index (χ2n) is 20.6. The fourth-order valence-corrected chi connectivity index (χ4v) is 6.11. The van der Waals surface area contributed by atoms with Crippen LogP contribution in [0.15, 0.2) is 25.3 Å². The van der Waals surface area contributed by atoms with Gasteiger partial charge in [0.1, 0.15) is 12.7 Å². The Morgan fingerprint density at radius 2 is 0.364 bits per heavy atom. The molecule has 0 spiro atoms. The van der Waals surface area contributed by atoms with Crippen LogP contribution in [0.5, 0.6) is 0 Å². The highest BCUT2D eigenvalue weighted by atomic mass is 16.6. The summed E-state index contributed by atoms with van der Waals surface area (Å²) in [5, 5.41) is 0. The monoisotopic (exact) mass is 1110 g/mol. The van der Waals surface area contributed by atoms with E-state index in [1.54, 1.807) is 6.92 Å². The minimum Gasteiger partial charge on any atom is -0.460 e. The van der Waals surface area contributed by atoms with Gasteiger partial charge in [0.15, 0.2) is 0 Å². The maximum absolute atomic E-state index is 11.3. The summed E-state index contributed by atoms with van der Waals surface area (Å²) in [4.78, 5) is 22.5. The minimum absolute atomic E-state index is 0.121. The molecule has 17 unspecified atom stereocenters. The zero-order valence-electron chi connectivity index (χ0n) is 50.6. The molecule has 20 nitrogen and oxygen atoms in total. The summed E-state index contributed by atoms with van der Waals surface area (Å²) in [5.41, 5.74) is 0. The maximum atomic E-state index is 11.3. The molecule has 0 rings (SSSR count). The molecule has 0 N–H and O–H groups in total. The van der Waals surface area contributed by atoms with Crippen molar-refractivity contribution < 1.29 is 94.9 Å². The van der Waals surface area contributed by atoms with E-state index in [0.29, 0.717) is 99.1 Å². The molecule has 0 aliphatic carbocycles. The van der Waals surface area contributed by atoms with Crippen molar-refractivity contribution in [2.24, 2.45) is 0 Å². The van der Waals surface area contributed by atoms with E-state index in [-0.39, 0.29) is 117 Å². The van der Waals surface area contributed by atoms with E-state index >= 15 is 0 Å². The molecule has 456 valence electrons. The third kappa shape index (κ3) is 46.1. The third-order valence-corrected chi connectivity index (χ3v) is 11.0. The van der Waals surface area contributed by atoms with Crippen molar-refractivity contribution in [2.75, 3.05) is 112 Å². The third-order valence-electron chi connectivity index (χ3n) is 11.0. The molecule has 0 bridgehead atoms. The van der Waals surface area contributed by atoms with E-state index in [1.807, 2.05) is 111 Å². The number of carbonyl (C=O) groups is 2. The van der Waals surface area contributed by atoms with E-state index in [1.165, 1.54) is 0 Å². The maximum Gasteiger partial charge on any atom is 0.330 e. The first-order valence-electron chi connectivity index (χ1n) is 27.9. The highest BCUT2D eigenvalue weighted by Crippen LogP contribution is 2.10. The molecule has 0 amide bonds. The lowest BCUT2D eigenvalue weighted by Crippen LogP contribution is -2.31. The van der Waals surface area contributed by atoms with E-state index in [2.05, 4.69) is 13.2 Å². The molecule has 0 aromatic rings. The second-order valence-corrected chi connectivity index (χ2v) is 20.6. The van der Waals surface area contributed by atoms with Crippen molar-refractivity contribution in [3.8, 4) is 0 Å². The van der Waals surface area contributed by atoms with Crippen LogP contribution < -0.4 is 0 Å². The predicted molar refractivity (Wildman–Crippen MR) is 294 cm³/mol. The second kappa shape index (κ2) is 46.4. The molecule has 0 aromatic carbocycles. The van der Waals surface area contributed by atoms with Crippen LogP contribution in [0.1, 0.15) is 118 Å². The molecule has 0 fully saturated rings. The Morgan fingerprint density at radius 3 is 0.506 bits per heavy atom. The van der Waals surface area contributed by atoms with Gasteiger partial charge in [-0.15, -0.1) is 0 Å². The zero-order chi connectivity index (χ0) is 58.1. The lowest BCUT2D eigenvalue weighted by Gasteiger charge is -2.24. The number of hydrogen-bond acceptors (Lipinski definition) is 20. The van der Waals surface area contributed by atoms with Gasteiger partial charge in [0.25, 0.3) is 0 Å². The molecule has 0 aliphatic rings. The number of hydrogen-bond donors (Lipinski definition) is 0. The lowest BCUT2D eigenvalue weighted by atomic mass is 10.3. The van der Waals surface area contributed by atoms with Crippen molar-refractivity contribution in [1.29, 1.82) is 0 Å². The van der Waals surface area contributed by atoms with Crippen molar-refractivity contribution in [3.05, 3.63) is 25.3 Å². The number of carbonyl (C=O) groups excluding carboxylic acids is 2. The average molecular weight is 1110 g/mol. The van der Waals surface area contributed by atoms with Crippen molar-refractivity contribution in [1.82, 2.24) is 0 Å². The summed E-state index contributed by atoms with van der Waals surface area (Å²) < 4.78 is 105. The summed E-state index contributed by atoms with van der Waals surface area (Å²) in [6.07, 6.45) is -0.284. The van der Waals surface area contributed by atoms with Gasteiger partial charge in [-0.05, 0) is 118 Å². The Bertz CT molecular complexity index is 1450. The first-order chi connectivity index (χ1) is 36.4. The van der Waals surface area contributed by atoms with Crippen LogP contribution in [-0.4, -0.2) is 228 Å². The fraction of sp³-hybridized carbons (Fsp3) is 0.895. The topological polar surface area (TPSA) is 200 Å². The van der Waals surface area contributed by atoms with Gasteiger partial charge in [0.05, 0.1) is 203 Å². The summed E-state index contributed by atoms with van der Waals surface area (Å²) >= 11 is 0. The van der Waals surface area contributed by atoms with Crippen LogP contribution in [0.4, 0.5) is 0 Å². The van der Waals surface area contributed by atoms with Gasteiger partial charge in [0.2, 0.25) is 0 Å². The van der Waals surface area contributed by atoms with Gasteiger partial charge >= 0.3 is 11.9 Å². The predicted octanol–water partition coefficient (Wildman–Crippen LogP) is 7.31. The molecule has 0 radical (unpaired) electrons. The summed E-state index contributed by atoms with van der Waals surface area (Å²) in [6, 6.07) is 0. The summed E-state index contributed by atoms with van der Waals surface area (Å²) in [5.74, 6) is -0.947. The van der Waals surface area contributed by atoms with Crippen LogP contribution >= 0.6 is 0 Å². The van der Waals surface area contributed by atoms with E-state index in [0.717, 1.165) is 12.2 Å². The van der Waals surface area contributed by atoms with Gasteiger partial charge in [0, 0.05) is 12.2 Å². The van der Waals surface area contributed by atoms with Crippen molar-refractivity contribution in [3.63, 3.8) is 0 Å². The first-order valence-corrected chi connectivity index (χ1v) is 27.9. The SMILES string of the molecule is C=CC(=O)OCC(C)OCC(C)OCC(C)OCC(C)OCC(C)OCC(C)OCC(C)OCC(C)OCC(C)OCC(C)OCC(C)OCC(C)OCC(C)OCC(C)OCC(C)OCC(C)OCC(C)OC(=O)C=C. The Morgan fingerprint density at radius 1 is 0.234 bits per heavy atom. The van der Waals surface area contributed by atoms with Gasteiger partial charge in [-0.2, -0.15) is 0 Å². The molecule has 0 heterocycles. The highest BCUT2D eigenvalue weighted by Gasteiger charge is 2.19. The Hall–Kier alpha value is -2.22. The van der Waals surface area contributed by atoms with Gasteiger partial charge < -0.3 is 85.3 Å². The Balaban J connectivity index is 4.03. The summed E-state index contributed by atoms with van der Waals surface area (Å²) in [7, 11) is 0. The van der Waals surface area contributed by atoms with Gasteiger partial charge in [-0.25, -0.2) is 9.59 Å². The molecule has 17 atom stereocenters. The molecule has 0 aromatic heterocycles. The standard InChI is InChI=1S/C57H108O20/c1-20-56(58)76-37-54(18)74-35-52(16)72-33-50(14)70-31-48(12)68-29-46(10)66-27-44(8)64-25-42(6)62-23-40(4)60-22-39(3)61-24-41(5)63-26-43(7)65-28-45(9)67-30-47(11)69-32-49(13)71-34-51(15)73-36-53(17)75-38-55(19)77-57(59)21-2/h20-21,39-55H,1-2,22-38H2,3-19H3. The van der Waals surface area contributed by atoms with Crippen LogP contribution in [0, 0.1) is 0 Å². The number of esters is 2. The zero-order valence-corrected chi connectivity index (χ0v) is 50.6. The Labute approximate surface area is 464 Å². The first kappa shape index (κ1) is 74.8. The average Bonchev–Trinajstić information content (AvgIpc) is 3.40.